The number of rotatable bonds is 13. The Morgan fingerprint density at radius 2 is 1.55 bits per heavy atom. The molecule has 180 valence electrons. The molecule has 0 aromatic heterocycles. The smallest absolute Gasteiger partial charge is 0.402 e. The lowest BCUT2D eigenvalue weighted by Gasteiger charge is -2.19. The summed E-state index contributed by atoms with van der Waals surface area (Å²) < 4.78 is 38.2. The zero-order chi connectivity index (χ0) is 23.9. The molecule has 1 aromatic carbocycles. The first-order chi connectivity index (χ1) is 14.6. The molecule has 0 aliphatic rings. The van der Waals surface area contributed by atoms with Crippen molar-refractivity contribution in [2.24, 2.45) is 0 Å². The summed E-state index contributed by atoms with van der Waals surface area (Å²) in [6.45, 7) is 8.65. The second kappa shape index (κ2) is 17.4. The van der Waals surface area contributed by atoms with Gasteiger partial charge in [-0.15, -0.1) is 11.6 Å². The Kier molecular flexibility index (Phi) is 18.0. The Labute approximate surface area is 213 Å². The molecule has 0 saturated heterocycles. The fourth-order valence-electron chi connectivity index (χ4n) is 1.83. The molecular formula is C17H26Cl4O6P2S2. The topological polar surface area (TPSA) is 63.2 Å². The van der Waals surface area contributed by atoms with Crippen molar-refractivity contribution in [1.82, 2.24) is 0 Å². The quantitative estimate of drug-likeness (QED) is 0.128. The molecule has 1 rings (SSSR count). The molecule has 14 heteroatoms. The molecule has 0 fully saturated rings. The van der Waals surface area contributed by atoms with Gasteiger partial charge in [0.25, 0.3) is 0 Å². The Balaban J connectivity index is 0.000000695. The fourth-order valence-corrected chi connectivity index (χ4v) is 8.96. The van der Waals surface area contributed by atoms with Crippen LogP contribution in [0.25, 0.3) is 5.76 Å². The van der Waals surface area contributed by atoms with E-state index in [1.165, 1.54) is 17.4 Å². The second-order valence-corrected chi connectivity index (χ2v) is 14.5. The van der Waals surface area contributed by atoms with Gasteiger partial charge in [-0.25, -0.2) is 4.57 Å². The largest absolute Gasteiger partial charge is 0.530 e. The van der Waals surface area contributed by atoms with Gasteiger partial charge in [0, 0.05) is 16.1 Å². The monoisotopic (exact) mass is 592 g/mol. The van der Waals surface area contributed by atoms with Gasteiger partial charge in [0.2, 0.25) is 5.69 Å². The number of hydrogen-bond acceptors (Lipinski definition) is 8. The summed E-state index contributed by atoms with van der Waals surface area (Å²) in [6, 6.07) is 4.73. The SMILES string of the molecule is CCOP(=O)(OCC)O/C(=C\Cl)c1ccc(Cl)cc1Cl.CCOP(=S)(OCC)SCCl. The second-order valence-electron chi connectivity index (χ2n) is 4.99. The van der Waals surface area contributed by atoms with Crippen molar-refractivity contribution in [2.75, 3.05) is 31.6 Å². The van der Waals surface area contributed by atoms with Crippen LogP contribution in [-0.2, 0) is 39.0 Å². The minimum absolute atomic E-state index is 0.0820. The van der Waals surface area contributed by atoms with Gasteiger partial charge < -0.3 is 13.6 Å². The molecular weight excluding hydrogens is 568 g/mol. The van der Waals surface area contributed by atoms with Gasteiger partial charge >= 0.3 is 7.82 Å². The summed E-state index contributed by atoms with van der Waals surface area (Å²) in [5.74, 6) is 0.0820. The molecule has 0 spiro atoms. The van der Waals surface area contributed by atoms with Crippen LogP contribution in [0.1, 0.15) is 33.3 Å². The highest BCUT2D eigenvalue weighted by atomic mass is 35.5. The number of hydrogen-bond donors (Lipinski definition) is 0. The van der Waals surface area contributed by atoms with Gasteiger partial charge in [0.1, 0.15) is 0 Å². The third-order valence-corrected chi connectivity index (χ3v) is 11.1. The maximum absolute atomic E-state index is 12.3. The van der Waals surface area contributed by atoms with Crippen molar-refractivity contribution < 1.29 is 27.2 Å². The van der Waals surface area contributed by atoms with Gasteiger partial charge in [-0.05, 0) is 57.7 Å². The summed E-state index contributed by atoms with van der Waals surface area (Å²) in [6.07, 6.45) is 0. The lowest BCUT2D eigenvalue weighted by molar-refractivity contribution is 0.159. The summed E-state index contributed by atoms with van der Waals surface area (Å²) in [7, 11) is -3.73. The predicted molar refractivity (Wildman–Crippen MR) is 138 cm³/mol. The zero-order valence-electron chi connectivity index (χ0n) is 17.5. The molecule has 0 radical (unpaired) electrons. The van der Waals surface area contributed by atoms with Crippen LogP contribution in [0.3, 0.4) is 0 Å². The van der Waals surface area contributed by atoms with Crippen LogP contribution < -0.4 is 0 Å². The van der Waals surface area contributed by atoms with E-state index in [9.17, 15) is 4.57 Å². The van der Waals surface area contributed by atoms with Crippen molar-refractivity contribution >= 4 is 88.9 Å². The highest BCUT2D eigenvalue weighted by Crippen LogP contribution is 2.61. The fraction of sp³-hybridized carbons (Fsp3) is 0.529. The van der Waals surface area contributed by atoms with E-state index in [2.05, 4.69) is 0 Å². The third-order valence-electron chi connectivity index (χ3n) is 2.86. The van der Waals surface area contributed by atoms with E-state index in [0.717, 1.165) is 5.54 Å². The molecule has 0 aliphatic carbocycles. The Morgan fingerprint density at radius 1 is 1.03 bits per heavy atom. The first-order valence-corrected chi connectivity index (χ1v) is 16.5. The molecule has 6 nitrogen and oxygen atoms in total. The van der Waals surface area contributed by atoms with Crippen LogP contribution in [0.5, 0.6) is 0 Å². The van der Waals surface area contributed by atoms with Crippen LogP contribution in [0, 0.1) is 0 Å². The number of phosphoric ester groups is 1. The average molecular weight is 594 g/mol. The van der Waals surface area contributed by atoms with Crippen LogP contribution in [-0.4, -0.2) is 31.6 Å². The summed E-state index contributed by atoms with van der Waals surface area (Å²) >= 11 is 29.6. The van der Waals surface area contributed by atoms with E-state index in [1.54, 1.807) is 26.0 Å². The molecule has 0 bridgehead atoms. The zero-order valence-corrected chi connectivity index (χ0v) is 24.0. The van der Waals surface area contributed by atoms with Gasteiger partial charge in [-0.2, -0.15) is 0 Å². The maximum atomic E-state index is 12.3. The third kappa shape index (κ3) is 12.9. The summed E-state index contributed by atoms with van der Waals surface area (Å²) in [5.41, 5.74) is -0.555. The lowest BCUT2D eigenvalue weighted by Crippen LogP contribution is -2.00. The lowest BCUT2D eigenvalue weighted by atomic mass is 10.2. The van der Waals surface area contributed by atoms with Gasteiger partial charge in [-0.3, -0.25) is 9.05 Å². The van der Waals surface area contributed by atoms with Gasteiger partial charge in [0.15, 0.2) is 5.76 Å². The van der Waals surface area contributed by atoms with Crippen molar-refractivity contribution in [3.63, 3.8) is 0 Å². The Hall–Kier alpha value is 0.990. The van der Waals surface area contributed by atoms with E-state index in [4.69, 9.17) is 80.8 Å². The van der Waals surface area contributed by atoms with Crippen molar-refractivity contribution in [3.8, 4) is 0 Å². The van der Waals surface area contributed by atoms with E-state index >= 15 is 0 Å². The van der Waals surface area contributed by atoms with E-state index in [-0.39, 0.29) is 19.0 Å². The molecule has 0 amide bonds. The Bertz CT molecular complexity index is 751. The first-order valence-electron chi connectivity index (χ1n) is 9.08. The van der Waals surface area contributed by atoms with Crippen molar-refractivity contribution in [1.29, 1.82) is 0 Å². The van der Waals surface area contributed by atoms with Crippen LogP contribution in [0.2, 0.25) is 10.0 Å². The highest BCUT2D eigenvalue weighted by molar-refractivity contribution is 8.68. The number of phosphoric acid groups is 1. The molecule has 1 aromatic rings. The van der Waals surface area contributed by atoms with E-state index < -0.39 is 13.5 Å². The first kappa shape index (κ1) is 32.0. The van der Waals surface area contributed by atoms with Crippen LogP contribution in [0.4, 0.5) is 0 Å². The number of alkyl halides is 1. The normalized spacial score (nSPS) is 12.3. The molecule has 0 atom stereocenters. The maximum Gasteiger partial charge on any atom is 0.530 e. The van der Waals surface area contributed by atoms with Crippen molar-refractivity contribution in [2.45, 2.75) is 27.7 Å². The standard InChI is InChI=1S/C12H14Cl3O4P.C5H12ClO2PS2/c1-3-17-20(16,18-4-2)19-12(8-13)10-6-5-9(14)7-11(10)15;1-3-7-9(10,8-4-2)11-5-6/h5-8H,3-4H2,1-2H3;3-5H2,1-2H3/b12-8-;. The van der Waals surface area contributed by atoms with Crippen molar-refractivity contribution in [3.05, 3.63) is 39.3 Å². The van der Waals surface area contributed by atoms with Gasteiger partial charge in [0.05, 0.1) is 36.7 Å². The number of halogens is 4. The number of benzene rings is 1. The summed E-state index contributed by atoms with van der Waals surface area (Å²) in [4.78, 5) is 0. The minimum atomic E-state index is -3.73. The molecule has 0 heterocycles. The molecule has 0 N–H and O–H groups in total. The van der Waals surface area contributed by atoms with Gasteiger partial charge in [-0.1, -0.05) is 46.2 Å². The Morgan fingerprint density at radius 3 is 1.94 bits per heavy atom. The minimum Gasteiger partial charge on any atom is -0.402 e. The van der Waals surface area contributed by atoms with Crippen LogP contribution >= 0.6 is 71.3 Å². The van der Waals surface area contributed by atoms with Crippen LogP contribution in [0.15, 0.2) is 23.7 Å². The predicted octanol–water partition coefficient (Wildman–Crippen LogP) is 8.94. The molecule has 0 saturated carbocycles. The molecule has 0 unspecified atom stereocenters. The van der Waals surface area contributed by atoms with E-state index in [1.807, 2.05) is 13.8 Å². The molecule has 31 heavy (non-hydrogen) atoms. The summed E-state index contributed by atoms with van der Waals surface area (Å²) in [5, 5.41) is 1.20. The average Bonchev–Trinajstić information content (AvgIpc) is 2.68. The molecule has 0 aliphatic heterocycles. The van der Waals surface area contributed by atoms with E-state index in [0.29, 0.717) is 34.0 Å². The highest BCUT2D eigenvalue weighted by Gasteiger charge is 2.29.